The largest absolute Gasteiger partial charge is 0.461 e. The summed E-state index contributed by atoms with van der Waals surface area (Å²) in [7, 11) is 1.81. The van der Waals surface area contributed by atoms with Crippen molar-refractivity contribution in [2.24, 2.45) is 7.05 Å². The Balaban J connectivity index is 1.40. The predicted molar refractivity (Wildman–Crippen MR) is 124 cm³/mol. The average Bonchev–Trinajstić information content (AvgIpc) is 3.42. The number of nitrogens with zero attached hydrogens (tertiary/aromatic N) is 3. The number of rotatable bonds is 7. The van der Waals surface area contributed by atoms with Crippen molar-refractivity contribution in [1.29, 1.82) is 0 Å². The van der Waals surface area contributed by atoms with Crippen LogP contribution in [-0.2, 0) is 11.8 Å². The number of amides is 2. The van der Waals surface area contributed by atoms with Gasteiger partial charge in [0.1, 0.15) is 0 Å². The molecule has 2 heterocycles. The van der Waals surface area contributed by atoms with Crippen molar-refractivity contribution in [3.05, 3.63) is 78.1 Å². The second kappa shape index (κ2) is 9.52. The molecule has 32 heavy (non-hydrogen) atoms. The van der Waals surface area contributed by atoms with Crippen LogP contribution in [-0.4, -0.2) is 32.3 Å². The Morgan fingerprint density at radius 1 is 1.03 bits per heavy atom. The molecule has 2 N–H and O–H groups in total. The SMILES string of the molecule is Cc1cccc(NC(=O)c2ccccc2NC(=O)CSc2nnc(-c3ccco3)n2C)c1. The summed E-state index contributed by atoms with van der Waals surface area (Å²) in [5, 5.41) is 14.5. The highest BCUT2D eigenvalue weighted by atomic mass is 32.2. The van der Waals surface area contributed by atoms with Gasteiger partial charge in [0.15, 0.2) is 16.7 Å². The Hall–Kier alpha value is -3.85. The first-order valence-electron chi connectivity index (χ1n) is 9.84. The fourth-order valence-electron chi connectivity index (χ4n) is 3.09. The van der Waals surface area contributed by atoms with Crippen LogP contribution in [0.3, 0.4) is 0 Å². The molecular weight excluding hydrogens is 426 g/mol. The third-order valence-electron chi connectivity index (χ3n) is 4.63. The lowest BCUT2D eigenvalue weighted by molar-refractivity contribution is -0.113. The first-order chi connectivity index (χ1) is 15.5. The number of benzene rings is 2. The molecule has 4 rings (SSSR count). The van der Waals surface area contributed by atoms with E-state index in [-0.39, 0.29) is 17.6 Å². The summed E-state index contributed by atoms with van der Waals surface area (Å²) in [5.74, 6) is 0.739. The predicted octanol–water partition coefficient (Wildman–Crippen LogP) is 4.37. The molecular formula is C23H21N5O3S. The Morgan fingerprint density at radius 3 is 2.66 bits per heavy atom. The van der Waals surface area contributed by atoms with Crippen LogP contribution in [0, 0.1) is 6.92 Å². The van der Waals surface area contributed by atoms with Gasteiger partial charge in [-0.25, -0.2) is 0 Å². The number of para-hydroxylation sites is 1. The van der Waals surface area contributed by atoms with E-state index in [0.717, 1.165) is 5.56 Å². The van der Waals surface area contributed by atoms with E-state index in [1.165, 1.54) is 11.8 Å². The minimum absolute atomic E-state index is 0.109. The van der Waals surface area contributed by atoms with Crippen molar-refractivity contribution in [1.82, 2.24) is 14.8 Å². The molecule has 0 aliphatic rings. The fraction of sp³-hybridized carbons (Fsp3) is 0.130. The van der Waals surface area contributed by atoms with Crippen molar-refractivity contribution >= 4 is 35.0 Å². The molecule has 0 bridgehead atoms. The molecule has 0 spiro atoms. The van der Waals surface area contributed by atoms with Crippen LogP contribution in [0.5, 0.6) is 0 Å². The van der Waals surface area contributed by atoms with Gasteiger partial charge in [0.05, 0.1) is 23.3 Å². The summed E-state index contributed by atoms with van der Waals surface area (Å²) in [5.41, 5.74) is 2.56. The maximum absolute atomic E-state index is 12.8. The van der Waals surface area contributed by atoms with Gasteiger partial charge >= 0.3 is 0 Å². The molecule has 0 saturated heterocycles. The lowest BCUT2D eigenvalue weighted by Gasteiger charge is -2.12. The molecule has 2 amide bonds. The van der Waals surface area contributed by atoms with Gasteiger partial charge in [-0.3, -0.25) is 9.59 Å². The van der Waals surface area contributed by atoms with E-state index in [9.17, 15) is 9.59 Å². The van der Waals surface area contributed by atoms with E-state index in [1.807, 2.05) is 38.2 Å². The number of aryl methyl sites for hydroxylation is 1. The van der Waals surface area contributed by atoms with Crippen molar-refractivity contribution in [2.45, 2.75) is 12.1 Å². The highest BCUT2D eigenvalue weighted by Gasteiger charge is 2.16. The number of thioether (sulfide) groups is 1. The van der Waals surface area contributed by atoms with Crippen molar-refractivity contribution < 1.29 is 14.0 Å². The van der Waals surface area contributed by atoms with Crippen LogP contribution in [0.1, 0.15) is 15.9 Å². The number of hydrogen-bond acceptors (Lipinski definition) is 6. The molecule has 4 aromatic rings. The summed E-state index contributed by atoms with van der Waals surface area (Å²) in [6, 6.07) is 18.0. The number of furan rings is 1. The van der Waals surface area contributed by atoms with Crippen LogP contribution < -0.4 is 10.6 Å². The normalized spacial score (nSPS) is 10.7. The molecule has 8 nitrogen and oxygen atoms in total. The smallest absolute Gasteiger partial charge is 0.257 e. The van der Waals surface area contributed by atoms with Crippen molar-refractivity contribution in [2.75, 3.05) is 16.4 Å². The molecule has 0 unspecified atom stereocenters. The third-order valence-corrected chi connectivity index (χ3v) is 5.65. The van der Waals surface area contributed by atoms with Crippen molar-refractivity contribution in [3.8, 4) is 11.6 Å². The van der Waals surface area contributed by atoms with E-state index in [4.69, 9.17) is 4.42 Å². The average molecular weight is 448 g/mol. The minimum Gasteiger partial charge on any atom is -0.461 e. The molecule has 9 heteroatoms. The summed E-state index contributed by atoms with van der Waals surface area (Å²) in [6.07, 6.45) is 1.57. The molecule has 0 aliphatic heterocycles. The van der Waals surface area contributed by atoms with Gasteiger partial charge < -0.3 is 19.6 Å². The van der Waals surface area contributed by atoms with Gasteiger partial charge in [-0.2, -0.15) is 0 Å². The summed E-state index contributed by atoms with van der Waals surface area (Å²) >= 11 is 1.25. The second-order valence-electron chi connectivity index (χ2n) is 7.05. The first-order valence-corrected chi connectivity index (χ1v) is 10.8. The Labute approximate surface area is 189 Å². The summed E-state index contributed by atoms with van der Waals surface area (Å²) in [4.78, 5) is 25.3. The van der Waals surface area contributed by atoms with Gasteiger partial charge in [-0.05, 0) is 48.9 Å². The minimum atomic E-state index is -0.296. The monoisotopic (exact) mass is 447 g/mol. The number of carbonyl (C=O) groups is 2. The molecule has 0 aliphatic carbocycles. The summed E-state index contributed by atoms with van der Waals surface area (Å²) in [6.45, 7) is 1.95. The molecule has 2 aromatic carbocycles. The number of hydrogen-bond donors (Lipinski definition) is 2. The second-order valence-corrected chi connectivity index (χ2v) is 7.99. The Morgan fingerprint density at radius 2 is 1.88 bits per heavy atom. The maximum Gasteiger partial charge on any atom is 0.257 e. The van der Waals surface area contributed by atoms with Gasteiger partial charge in [-0.15, -0.1) is 10.2 Å². The summed E-state index contributed by atoms with van der Waals surface area (Å²) < 4.78 is 7.12. The quantitative estimate of drug-likeness (QED) is 0.408. The van der Waals surface area contributed by atoms with Gasteiger partial charge in [0.25, 0.3) is 5.91 Å². The number of carbonyl (C=O) groups excluding carboxylic acids is 2. The molecule has 0 saturated carbocycles. The van der Waals surface area contributed by atoms with E-state index in [1.54, 1.807) is 47.2 Å². The number of anilines is 2. The molecule has 0 fully saturated rings. The highest BCUT2D eigenvalue weighted by Crippen LogP contribution is 2.23. The number of nitrogens with one attached hydrogen (secondary N) is 2. The standard InChI is InChI=1S/C23H21N5O3S/c1-15-7-5-8-16(13-15)24-22(30)17-9-3-4-10-18(17)25-20(29)14-32-23-27-26-21(28(23)2)19-11-6-12-31-19/h3-13H,14H2,1-2H3,(H,24,30)(H,25,29). The first kappa shape index (κ1) is 21.4. The van der Waals surface area contributed by atoms with Crippen LogP contribution >= 0.6 is 11.8 Å². The molecule has 0 radical (unpaired) electrons. The lowest BCUT2D eigenvalue weighted by Crippen LogP contribution is -2.19. The molecule has 2 aromatic heterocycles. The highest BCUT2D eigenvalue weighted by molar-refractivity contribution is 7.99. The Kier molecular flexibility index (Phi) is 6.37. The zero-order chi connectivity index (χ0) is 22.5. The third kappa shape index (κ3) is 4.89. The number of aromatic nitrogens is 3. The zero-order valence-electron chi connectivity index (χ0n) is 17.5. The molecule has 162 valence electrons. The van der Waals surface area contributed by atoms with Gasteiger partial charge in [0, 0.05) is 12.7 Å². The van der Waals surface area contributed by atoms with Crippen LogP contribution in [0.15, 0.2) is 76.5 Å². The van der Waals surface area contributed by atoms with Crippen molar-refractivity contribution in [3.63, 3.8) is 0 Å². The van der Waals surface area contributed by atoms with E-state index in [2.05, 4.69) is 20.8 Å². The molecule has 0 atom stereocenters. The van der Waals surface area contributed by atoms with E-state index < -0.39 is 0 Å². The maximum atomic E-state index is 12.8. The van der Waals surface area contributed by atoms with E-state index >= 15 is 0 Å². The van der Waals surface area contributed by atoms with Gasteiger partial charge in [-0.1, -0.05) is 36.0 Å². The van der Waals surface area contributed by atoms with E-state index in [0.29, 0.717) is 33.7 Å². The Bertz CT molecular complexity index is 1250. The van der Waals surface area contributed by atoms with Gasteiger partial charge in [0.2, 0.25) is 5.91 Å². The zero-order valence-corrected chi connectivity index (χ0v) is 18.3. The van der Waals surface area contributed by atoms with Crippen LogP contribution in [0.25, 0.3) is 11.6 Å². The van der Waals surface area contributed by atoms with Crippen LogP contribution in [0.2, 0.25) is 0 Å². The van der Waals surface area contributed by atoms with Crippen LogP contribution in [0.4, 0.5) is 11.4 Å². The lowest BCUT2D eigenvalue weighted by atomic mass is 10.1. The topological polar surface area (TPSA) is 102 Å². The fourth-order valence-corrected chi connectivity index (χ4v) is 3.80.